The van der Waals surface area contributed by atoms with Crippen molar-refractivity contribution in [3.05, 3.63) is 40.2 Å². The summed E-state index contributed by atoms with van der Waals surface area (Å²) in [6.45, 7) is 3.43. The van der Waals surface area contributed by atoms with Crippen LogP contribution in [-0.4, -0.2) is 11.9 Å². The van der Waals surface area contributed by atoms with Crippen LogP contribution in [0.3, 0.4) is 0 Å². The Kier molecular flexibility index (Phi) is 3.16. The second-order valence-corrected chi connectivity index (χ2v) is 4.24. The third kappa shape index (κ3) is 2.41. The van der Waals surface area contributed by atoms with Gasteiger partial charge in [-0.3, -0.25) is 4.79 Å². The normalized spacial score (nSPS) is 12.4. The molecule has 0 radical (unpaired) electrons. The van der Waals surface area contributed by atoms with Gasteiger partial charge in [-0.25, -0.2) is 4.79 Å². The molecule has 2 rings (SSSR count). The molecule has 0 fully saturated rings. The average molecular weight is 246 g/mol. The quantitative estimate of drug-likeness (QED) is 0.784. The van der Waals surface area contributed by atoms with Gasteiger partial charge >= 0.3 is 5.63 Å². The maximum atomic E-state index is 11.5. The van der Waals surface area contributed by atoms with Gasteiger partial charge in [-0.2, -0.15) is 0 Å². The number of aryl methyl sites for hydroxylation is 1. The highest BCUT2D eigenvalue weighted by Crippen LogP contribution is 2.20. The van der Waals surface area contributed by atoms with Crippen molar-refractivity contribution in [1.82, 2.24) is 0 Å². The Morgan fingerprint density at radius 3 is 2.78 bits per heavy atom. The van der Waals surface area contributed by atoms with Crippen LogP contribution in [0.25, 0.3) is 11.0 Å². The van der Waals surface area contributed by atoms with E-state index < -0.39 is 11.7 Å². The van der Waals surface area contributed by atoms with E-state index in [1.165, 1.54) is 6.07 Å². The van der Waals surface area contributed by atoms with Gasteiger partial charge < -0.3 is 15.5 Å². The first-order valence-electron chi connectivity index (χ1n) is 5.58. The molecular weight excluding hydrogens is 232 g/mol. The number of rotatable bonds is 2. The zero-order valence-corrected chi connectivity index (χ0v) is 10.2. The Morgan fingerprint density at radius 2 is 2.11 bits per heavy atom. The molecule has 0 spiro atoms. The van der Waals surface area contributed by atoms with Gasteiger partial charge in [0.2, 0.25) is 5.91 Å². The van der Waals surface area contributed by atoms with Crippen molar-refractivity contribution in [2.45, 2.75) is 19.9 Å². The molecule has 5 nitrogen and oxygen atoms in total. The molecule has 1 atom stereocenters. The first kappa shape index (κ1) is 12.3. The number of fused-ring (bicyclic) bond motifs is 1. The molecule has 0 aliphatic rings. The molecule has 0 saturated carbocycles. The number of carbonyl (C=O) groups is 1. The Morgan fingerprint density at radius 1 is 1.39 bits per heavy atom. The molecule has 94 valence electrons. The molecule has 1 heterocycles. The van der Waals surface area contributed by atoms with E-state index in [1.54, 1.807) is 25.1 Å². The largest absolute Gasteiger partial charge is 0.423 e. The van der Waals surface area contributed by atoms with E-state index in [1.807, 2.05) is 6.92 Å². The molecule has 0 bridgehead atoms. The van der Waals surface area contributed by atoms with Crippen LogP contribution < -0.4 is 16.7 Å². The van der Waals surface area contributed by atoms with Crippen LogP contribution in [0, 0.1) is 6.92 Å². The number of nitrogens with two attached hydrogens (primary N) is 1. The molecule has 0 aliphatic carbocycles. The van der Waals surface area contributed by atoms with Gasteiger partial charge in [0.25, 0.3) is 0 Å². The van der Waals surface area contributed by atoms with E-state index in [0.29, 0.717) is 11.3 Å². The van der Waals surface area contributed by atoms with E-state index in [4.69, 9.17) is 10.2 Å². The lowest BCUT2D eigenvalue weighted by atomic mass is 10.1. The molecule has 1 aromatic heterocycles. The average Bonchev–Trinajstić information content (AvgIpc) is 2.27. The van der Waals surface area contributed by atoms with Gasteiger partial charge in [0.15, 0.2) is 0 Å². The predicted octanol–water partition coefficient (Wildman–Crippen LogP) is 1.39. The van der Waals surface area contributed by atoms with Crippen molar-refractivity contribution in [1.29, 1.82) is 0 Å². The van der Waals surface area contributed by atoms with Crippen molar-refractivity contribution in [3.63, 3.8) is 0 Å². The van der Waals surface area contributed by atoms with Crippen molar-refractivity contribution in [2.24, 2.45) is 5.73 Å². The number of anilines is 1. The smallest absolute Gasteiger partial charge is 0.336 e. The summed E-state index contributed by atoms with van der Waals surface area (Å²) in [5.74, 6) is -0.288. The summed E-state index contributed by atoms with van der Waals surface area (Å²) in [5, 5.41) is 3.49. The minimum atomic E-state index is -0.592. The predicted molar refractivity (Wildman–Crippen MR) is 69.5 cm³/mol. The van der Waals surface area contributed by atoms with Gasteiger partial charge in [-0.05, 0) is 31.5 Å². The third-order valence-electron chi connectivity index (χ3n) is 2.63. The molecule has 3 N–H and O–H groups in total. The van der Waals surface area contributed by atoms with Crippen LogP contribution >= 0.6 is 0 Å². The molecule has 18 heavy (non-hydrogen) atoms. The lowest BCUT2D eigenvalue weighted by Gasteiger charge is -2.08. The number of carbonyl (C=O) groups excluding carboxylic acids is 1. The SMILES string of the molecule is Cc1cc(=O)oc2cc(NC(=O)C(C)N)ccc12. The standard InChI is InChI=1S/C13H14N2O3/c1-7-5-12(16)18-11-6-9(3-4-10(7)11)15-13(17)8(2)14/h3-6,8H,14H2,1-2H3,(H,15,17). The minimum absolute atomic E-state index is 0.288. The third-order valence-corrected chi connectivity index (χ3v) is 2.63. The summed E-state index contributed by atoms with van der Waals surface area (Å²) in [6.07, 6.45) is 0. The maximum absolute atomic E-state index is 11.5. The Labute approximate surface area is 104 Å². The summed E-state index contributed by atoms with van der Waals surface area (Å²) < 4.78 is 5.09. The molecule has 2 aromatic rings. The number of hydrogen-bond donors (Lipinski definition) is 2. The van der Waals surface area contributed by atoms with Gasteiger partial charge in [-0.15, -0.1) is 0 Å². The zero-order valence-electron chi connectivity index (χ0n) is 10.2. The van der Waals surface area contributed by atoms with Gasteiger partial charge in [0, 0.05) is 23.2 Å². The molecule has 0 saturated heterocycles. The summed E-state index contributed by atoms with van der Waals surface area (Å²) in [7, 11) is 0. The van der Waals surface area contributed by atoms with E-state index in [-0.39, 0.29) is 5.91 Å². The number of nitrogens with one attached hydrogen (secondary N) is 1. The minimum Gasteiger partial charge on any atom is -0.423 e. The highest BCUT2D eigenvalue weighted by atomic mass is 16.4. The van der Waals surface area contributed by atoms with E-state index >= 15 is 0 Å². The molecule has 0 aliphatic heterocycles. The summed E-state index contributed by atoms with van der Waals surface area (Å²) in [4.78, 5) is 22.7. The second-order valence-electron chi connectivity index (χ2n) is 4.24. The Bertz CT molecular complexity index is 659. The van der Waals surface area contributed by atoms with Gasteiger partial charge in [0.1, 0.15) is 5.58 Å². The fraction of sp³-hybridized carbons (Fsp3) is 0.231. The lowest BCUT2D eigenvalue weighted by Crippen LogP contribution is -2.32. The summed E-state index contributed by atoms with van der Waals surface area (Å²) >= 11 is 0. The molecule has 1 aromatic carbocycles. The first-order chi connectivity index (χ1) is 8.47. The highest BCUT2D eigenvalue weighted by molar-refractivity contribution is 5.96. The van der Waals surface area contributed by atoms with Crippen LogP contribution in [0.15, 0.2) is 33.5 Å². The first-order valence-corrected chi connectivity index (χ1v) is 5.58. The van der Waals surface area contributed by atoms with E-state index in [9.17, 15) is 9.59 Å². The van der Waals surface area contributed by atoms with Crippen LogP contribution in [-0.2, 0) is 4.79 Å². The molecule has 1 unspecified atom stereocenters. The van der Waals surface area contributed by atoms with Gasteiger partial charge in [-0.1, -0.05) is 0 Å². The monoisotopic (exact) mass is 246 g/mol. The number of hydrogen-bond acceptors (Lipinski definition) is 4. The summed E-state index contributed by atoms with van der Waals surface area (Å²) in [5.41, 5.74) is 6.89. The molecule has 5 heteroatoms. The van der Waals surface area contributed by atoms with Crippen LogP contribution in [0.1, 0.15) is 12.5 Å². The van der Waals surface area contributed by atoms with Crippen molar-refractivity contribution in [2.75, 3.05) is 5.32 Å². The van der Waals surface area contributed by atoms with Crippen molar-refractivity contribution >= 4 is 22.6 Å². The highest BCUT2D eigenvalue weighted by Gasteiger charge is 2.09. The molecular formula is C13H14N2O3. The fourth-order valence-corrected chi connectivity index (χ4v) is 1.66. The van der Waals surface area contributed by atoms with Crippen LogP contribution in [0.2, 0.25) is 0 Å². The Balaban J connectivity index is 2.44. The fourth-order valence-electron chi connectivity index (χ4n) is 1.66. The zero-order chi connectivity index (χ0) is 13.3. The number of amides is 1. The van der Waals surface area contributed by atoms with Crippen LogP contribution in [0.4, 0.5) is 5.69 Å². The Hall–Kier alpha value is -2.14. The summed E-state index contributed by atoms with van der Waals surface area (Å²) in [6, 6.07) is 6.00. The van der Waals surface area contributed by atoms with Crippen molar-refractivity contribution in [3.8, 4) is 0 Å². The van der Waals surface area contributed by atoms with E-state index in [0.717, 1.165) is 10.9 Å². The van der Waals surface area contributed by atoms with Crippen molar-refractivity contribution < 1.29 is 9.21 Å². The van der Waals surface area contributed by atoms with E-state index in [2.05, 4.69) is 5.32 Å². The second kappa shape index (κ2) is 4.62. The molecule has 1 amide bonds. The van der Waals surface area contributed by atoms with Gasteiger partial charge in [0.05, 0.1) is 6.04 Å². The topological polar surface area (TPSA) is 85.3 Å². The lowest BCUT2D eigenvalue weighted by molar-refractivity contribution is -0.117. The van der Waals surface area contributed by atoms with Crippen LogP contribution in [0.5, 0.6) is 0 Å². The number of benzene rings is 1. The maximum Gasteiger partial charge on any atom is 0.336 e.